The van der Waals surface area contributed by atoms with Gasteiger partial charge in [0.2, 0.25) is 5.75 Å². The summed E-state index contributed by atoms with van der Waals surface area (Å²) in [5.74, 6) is 2.53. The van der Waals surface area contributed by atoms with Crippen LogP contribution in [0.2, 0.25) is 0 Å². The van der Waals surface area contributed by atoms with Crippen molar-refractivity contribution >= 4 is 17.5 Å². The van der Waals surface area contributed by atoms with E-state index in [-0.39, 0.29) is 0 Å². The van der Waals surface area contributed by atoms with Crippen LogP contribution >= 0.6 is 0 Å². The Hall–Kier alpha value is -2.31. The van der Waals surface area contributed by atoms with Crippen LogP contribution in [0.25, 0.3) is 0 Å². The highest BCUT2D eigenvalue weighted by Crippen LogP contribution is 2.30. The number of aromatic nitrogens is 4. The van der Waals surface area contributed by atoms with Crippen molar-refractivity contribution < 1.29 is 4.74 Å². The molecule has 2 rings (SSSR count). The zero-order valence-electron chi connectivity index (χ0n) is 10.6. The Morgan fingerprint density at radius 2 is 2.11 bits per heavy atom. The van der Waals surface area contributed by atoms with Crippen molar-refractivity contribution in [2.24, 2.45) is 7.05 Å². The minimum Gasteiger partial charge on any atom is -0.490 e. The number of nitrogens with zero attached hydrogens (tertiary/aromatic N) is 4. The third-order valence-corrected chi connectivity index (χ3v) is 2.31. The summed E-state index contributed by atoms with van der Waals surface area (Å²) in [7, 11) is 3.44. The van der Waals surface area contributed by atoms with Gasteiger partial charge in [-0.15, -0.1) is 0 Å². The summed E-state index contributed by atoms with van der Waals surface area (Å²) >= 11 is 0. The highest BCUT2D eigenvalue weighted by molar-refractivity contribution is 5.67. The molecule has 0 fully saturated rings. The van der Waals surface area contributed by atoms with Gasteiger partial charge in [0.1, 0.15) is 6.33 Å². The Morgan fingerprint density at radius 3 is 2.72 bits per heavy atom. The lowest BCUT2D eigenvalue weighted by Gasteiger charge is -2.12. The van der Waals surface area contributed by atoms with E-state index in [9.17, 15) is 0 Å². The predicted molar refractivity (Wildman–Crippen MR) is 69.2 cm³/mol. The minimum atomic E-state index is 0.574. The van der Waals surface area contributed by atoms with Gasteiger partial charge >= 0.3 is 0 Å². The third-order valence-electron chi connectivity index (χ3n) is 2.31. The van der Waals surface area contributed by atoms with Crippen LogP contribution < -0.4 is 15.4 Å². The molecule has 2 N–H and O–H groups in total. The SMILES string of the molecule is CCNc1ncnc(Nc2ccn(C)n2)c1OC. The van der Waals surface area contributed by atoms with Crippen molar-refractivity contribution in [3.8, 4) is 5.75 Å². The summed E-state index contributed by atoms with van der Waals surface area (Å²) in [6.45, 7) is 2.75. The van der Waals surface area contributed by atoms with Crippen LogP contribution in [0.4, 0.5) is 17.5 Å². The lowest BCUT2D eigenvalue weighted by Crippen LogP contribution is -2.06. The average Bonchev–Trinajstić information content (AvgIpc) is 2.76. The average molecular weight is 248 g/mol. The number of anilines is 3. The van der Waals surface area contributed by atoms with E-state index in [2.05, 4.69) is 25.7 Å². The van der Waals surface area contributed by atoms with Gasteiger partial charge in [-0.3, -0.25) is 4.68 Å². The van der Waals surface area contributed by atoms with Gasteiger partial charge in [0.05, 0.1) is 7.11 Å². The molecule has 0 saturated heterocycles. The zero-order chi connectivity index (χ0) is 13.0. The smallest absolute Gasteiger partial charge is 0.204 e. The highest BCUT2D eigenvalue weighted by Gasteiger charge is 2.12. The molecule has 0 aliphatic heterocycles. The maximum Gasteiger partial charge on any atom is 0.204 e. The third kappa shape index (κ3) is 2.50. The first kappa shape index (κ1) is 12.2. The molecule has 18 heavy (non-hydrogen) atoms. The molecular weight excluding hydrogens is 232 g/mol. The topological polar surface area (TPSA) is 76.9 Å². The molecule has 0 amide bonds. The Kier molecular flexibility index (Phi) is 3.61. The normalized spacial score (nSPS) is 10.2. The molecule has 0 saturated carbocycles. The fraction of sp³-hybridized carbons (Fsp3) is 0.364. The number of ether oxygens (including phenoxy) is 1. The van der Waals surface area contributed by atoms with Gasteiger partial charge in [-0.2, -0.15) is 5.10 Å². The zero-order valence-corrected chi connectivity index (χ0v) is 10.6. The molecule has 0 unspecified atom stereocenters. The summed E-state index contributed by atoms with van der Waals surface area (Å²) in [5.41, 5.74) is 0. The van der Waals surface area contributed by atoms with Crippen molar-refractivity contribution in [1.29, 1.82) is 0 Å². The molecule has 0 bridgehead atoms. The van der Waals surface area contributed by atoms with E-state index in [1.54, 1.807) is 11.8 Å². The van der Waals surface area contributed by atoms with E-state index < -0.39 is 0 Å². The van der Waals surface area contributed by atoms with E-state index in [4.69, 9.17) is 4.74 Å². The number of nitrogens with one attached hydrogen (secondary N) is 2. The van der Waals surface area contributed by atoms with Crippen molar-refractivity contribution in [2.75, 3.05) is 24.3 Å². The second-order valence-electron chi connectivity index (χ2n) is 3.63. The molecule has 2 heterocycles. The van der Waals surface area contributed by atoms with Crippen molar-refractivity contribution in [2.45, 2.75) is 6.92 Å². The number of methoxy groups -OCH3 is 1. The maximum atomic E-state index is 5.32. The second kappa shape index (κ2) is 5.35. The predicted octanol–water partition coefficient (Wildman–Crippen LogP) is 1.39. The van der Waals surface area contributed by atoms with E-state index >= 15 is 0 Å². The van der Waals surface area contributed by atoms with Gasteiger partial charge in [-0.05, 0) is 6.92 Å². The number of hydrogen-bond donors (Lipinski definition) is 2. The molecule has 96 valence electrons. The second-order valence-corrected chi connectivity index (χ2v) is 3.63. The van der Waals surface area contributed by atoms with Crippen LogP contribution in [0, 0.1) is 0 Å². The fourth-order valence-electron chi connectivity index (χ4n) is 1.55. The van der Waals surface area contributed by atoms with Gasteiger partial charge in [0.15, 0.2) is 17.5 Å². The Morgan fingerprint density at radius 1 is 1.33 bits per heavy atom. The molecule has 2 aromatic heterocycles. The number of hydrogen-bond acceptors (Lipinski definition) is 6. The van der Waals surface area contributed by atoms with Crippen LogP contribution in [-0.4, -0.2) is 33.4 Å². The Balaban J connectivity index is 2.29. The molecule has 7 nitrogen and oxygen atoms in total. The quantitative estimate of drug-likeness (QED) is 0.832. The Bertz CT molecular complexity index is 524. The molecule has 2 aromatic rings. The molecule has 0 aromatic carbocycles. The summed E-state index contributed by atoms with van der Waals surface area (Å²) in [4.78, 5) is 8.29. The lowest BCUT2D eigenvalue weighted by atomic mass is 10.4. The molecule has 0 radical (unpaired) electrons. The van der Waals surface area contributed by atoms with Crippen LogP contribution in [0.3, 0.4) is 0 Å². The first-order chi connectivity index (χ1) is 8.74. The van der Waals surface area contributed by atoms with Crippen LogP contribution in [-0.2, 0) is 7.05 Å². The molecule has 0 aliphatic rings. The van der Waals surface area contributed by atoms with Crippen LogP contribution in [0.1, 0.15) is 6.92 Å². The first-order valence-electron chi connectivity index (χ1n) is 5.64. The maximum absolute atomic E-state index is 5.32. The van der Waals surface area contributed by atoms with Gasteiger partial charge in [0.25, 0.3) is 0 Å². The summed E-state index contributed by atoms with van der Waals surface area (Å²) < 4.78 is 7.03. The van der Waals surface area contributed by atoms with Crippen LogP contribution in [0.5, 0.6) is 5.75 Å². The number of aryl methyl sites for hydroxylation is 1. The standard InChI is InChI=1S/C11H16N6O/c1-4-12-10-9(18-3)11(14-7-13-10)15-8-5-6-17(2)16-8/h5-7H,4H2,1-3H3,(H2,12,13,14,15,16). The summed E-state index contributed by atoms with van der Waals surface area (Å²) in [6.07, 6.45) is 3.33. The minimum absolute atomic E-state index is 0.574. The van der Waals surface area contributed by atoms with Gasteiger partial charge in [-0.1, -0.05) is 0 Å². The van der Waals surface area contributed by atoms with E-state index in [0.717, 1.165) is 6.54 Å². The van der Waals surface area contributed by atoms with Gasteiger partial charge < -0.3 is 15.4 Å². The van der Waals surface area contributed by atoms with Gasteiger partial charge in [-0.25, -0.2) is 9.97 Å². The highest BCUT2D eigenvalue weighted by atomic mass is 16.5. The molecule has 0 atom stereocenters. The number of rotatable bonds is 5. The molecule has 0 spiro atoms. The fourth-order valence-corrected chi connectivity index (χ4v) is 1.55. The first-order valence-corrected chi connectivity index (χ1v) is 5.64. The van der Waals surface area contributed by atoms with E-state index in [0.29, 0.717) is 23.2 Å². The largest absolute Gasteiger partial charge is 0.490 e. The monoisotopic (exact) mass is 248 g/mol. The summed E-state index contributed by atoms with van der Waals surface area (Å²) in [5, 5.41) is 10.4. The van der Waals surface area contributed by atoms with Gasteiger partial charge in [0, 0.05) is 25.9 Å². The van der Waals surface area contributed by atoms with E-state index in [1.165, 1.54) is 6.33 Å². The molecule has 7 heteroatoms. The van der Waals surface area contributed by atoms with E-state index in [1.807, 2.05) is 26.2 Å². The van der Waals surface area contributed by atoms with Crippen molar-refractivity contribution in [3.05, 3.63) is 18.6 Å². The van der Waals surface area contributed by atoms with Crippen molar-refractivity contribution in [1.82, 2.24) is 19.7 Å². The Labute approximate surface area is 105 Å². The molecule has 0 aliphatic carbocycles. The lowest BCUT2D eigenvalue weighted by molar-refractivity contribution is 0.415. The van der Waals surface area contributed by atoms with Crippen LogP contribution in [0.15, 0.2) is 18.6 Å². The van der Waals surface area contributed by atoms with Crippen molar-refractivity contribution in [3.63, 3.8) is 0 Å². The molecular formula is C11H16N6O. The summed E-state index contributed by atoms with van der Waals surface area (Å²) in [6, 6.07) is 1.86.